The Hall–Kier alpha value is -3.44. The number of rotatable bonds is 3. The van der Waals surface area contributed by atoms with Gasteiger partial charge < -0.3 is 0 Å². The van der Waals surface area contributed by atoms with E-state index in [0.29, 0.717) is 22.0 Å². The van der Waals surface area contributed by atoms with Gasteiger partial charge >= 0.3 is 0 Å². The van der Waals surface area contributed by atoms with Crippen molar-refractivity contribution in [2.75, 3.05) is 9.91 Å². The molecule has 0 aliphatic carbocycles. The van der Waals surface area contributed by atoms with Crippen molar-refractivity contribution in [3.8, 4) is 0 Å². The third kappa shape index (κ3) is 2.74. The highest BCUT2D eigenvalue weighted by atomic mass is 35.5. The molecule has 0 radical (unpaired) electrons. The molecule has 0 aromatic heterocycles. The van der Waals surface area contributed by atoms with E-state index in [4.69, 9.17) is 16.7 Å². The second-order valence-electron chi connectivity index (χ2n) is 7.35. The van der Waals surface area contributed by atoms with Gasteiger partial charge in [0.2, 0.25) is 5.91 Å². The minimum absolute atomic E-state index is 0.281. The number of hydrogen-bond acceptors (Lipinski definition) is 4. The molecule has 2 aliphatic rings. The van der Waals surface area contributed by atoms with Gasteiger partial charge in [-0.2, -0.15) is 5.10 Å². The zero-order valence-electron chi connectivity index (χ0n) is 16.2. The van der Waals surface area contributed by atoms with Crippen LogP contribution in [0.3, 0.4) is 0 Å². The predicted molar refractivity (Wildman–Crippen MR) is 118 cm³/mol. The molecule has 5 nitrogen and oxygen atoms in total. The lowest BCUT2D eigenvalue weighted by atomic mass is 9.93. The summed E-state index contributed by atoms with van der Waals surface area (Å²) >= 11 is 6.27. The number of hydrazone groups is 1. The first-order chi connectivity index (χ1) is 14.6. The third-order valence-electron chi connectivity index (χ3n) is 5.62. The van der Waals surface area contributed by atoms with Gasteiger partial charge in [-0.1, -0.05) is 66.2 Å². The first-order valence-corrected chi connectivity index (χ1v) is 10.1. The first-order valence-electron chi connectivity index (χ1n) is 9.69. The van der Waals surface area contributed by atoms with E-state index in [2.05, 4.69) is 0 Å². The number of fused-ring (bicyclic) bond motifs is 1. The summed E-state index contributed by atoms with van der Waals surface area (Å²) in [6.07, 6.45) is 0. The van der Waals surface area contributed by atoms with Gasteiger partial charge in [-0.15, -0.1) is 0 Å². The third-order valence-corrected chi connectivity index (χ3v) is 6.03. The molecule has 3 aromatic rings. The lowest BCUT2D eigenvalue weighted by Gasteiger charge is -2.23. The van der Waals surface area contributed by atoms with Crippen molar-refractivity contribution in [3.05, 3.63) is 95.0 Å². The number of amides is 2. The van der Waals surface area contributed by atoms with Crippen molar-refractivity contribution in [1.82, 2.24) is 0 Å². The summed E-state index contributed by atoms with van der Waals surface area (Å²) in [4.78, 5) is 28.4. The van der Waals surface area contributed by atoms with Crippen LogP contribution in [0, 0.1) is 12.8 Å². The second-order valence-corrected chi connectivity index (χ2v) is 7.76. The van der Waals surface area contributed by atoms with Gasteiger partial charge in [0.05, 0.1) is 17.1 Å². The molecule has 1 fully saturated rings. The number of imide groups is 1. The summed E-state index contributed by atoms with van der Waals surface area (Å²) in [5.74, 6) is -1.26. The summed E-state index contributed by atoms with van der Waals surface area (Å²) in [7, 11) is 0. The van der Waals surface area contributed by atoms with E-state index < -0.39 is 12.0 Å². The summed E-state index contributed by atoms with van der Waals surface area (Å²) in [5.41, 5.74) is 3.42. The van der Waals surface area contributed by atoms with E-state index in [-0.39, 0.29) is 11.8 Å². The number of nitrogens with zero attached hydrogens (tertiary/aromatic N) is 3. The van der Waals surface area contributed by atoms with Gasteiger partial charge in [0, 0.05) is 5.02 Å². The van der Waals surface area contributed by atoms with Crippen molar-refractivity contribution in [1.29, 1.82) is 0 Å². The Morgan fingerprint density at radius 1 is 0.833 bits per heavy atom. The number of hydrogen-bond donors (Lipinski definition) is 0. The van der Waals surface area contributed by atoms with Crippen LogP contribution in [0.2, 0.25) is 5.02 Å². The van der Waals surface area contributed by atoms with E-state index in [1.54, 1.807) is 23.2 Å². The van der Waals surface area contributed by atoms with Gasteiger partial charge in [0.1, 0.15) is 12.0 Å². The second kappa shape index (κ2) is 7.11. The molecule has 2 atom stereocenters. The maximum Gasteiger partial charge on any atom is 0.259 e. The van der Waals surface area contributed by atoms with Crippen LogP contribution in [-0.4, -0.2) is 23.6 Å². The minimum atomic E-state index is -0.728. The molecule has 148 valence electrons. The zero-order chi connectivity index (χ0) is 20.8. The van der Waals surface area contributed by atoms with Crippen molar-refractivity contribution in [3.63, 3.8) is 0 Å². The predicted octanol–water partition coefficient (Wildman–Crippen LogP) is 4.43. The fraction of sp³-hybridized carbons (Fsp3) is 0.125. The van der Waals surface area contributed by atoms with Gasteiger partial charge in [0.25, 0.3) is 5.91 Å². The average molecular weight is 416 g/mol. The highest BCUT2D eigenvalue weighted by molar-refractivity contribution is 6.35. The number of carbonyl (C=O) groups excluding carboxylic acids is 2. The van der Waals surface area contributed by atoms with Crippen LogP contribution in [0.5, 0.6) is 0 Å². The highest BCUT2D eigenvalue weighted by Gasteiger charge is 2.57. The molecule has 0 spiro atoms. The largest absolute Gasteiger partial charge is 0.273 e. The van der Waals surface area contributed by atoms with Crippen LogP contribution < -0.4 is 9.91 Å². The maximum absolute atomic E-state index is 13.6. The summed E-state index contributed by atoms with van der Waals surface area (Å²) in [6, 6.07) is 23.5. The van der Waals surface area contributed by atoms with E-state index in [1.807, 2.05) is 67.6 Å². The topological polar surface area (TPSA) is 53.0 Å². The van der Waals surface area contributed by atoms with Gasteiger partial charge in [-0.05, 0) is 42.3 Å². The number of carbonyl (C=O) groups is 2. The summed E-state index contributed by atoms with van der Waals surface area (Å²) in [5, 5.41) is 6.93. The van der Waals surface area contributed by atoms with Crippen LogP contribution in [0.1, 0.15) is 11.1 Å². The molecule has 2 aliphatic heterocycles. The van der Waals surface area contributed by atoms with E-state index >= 15 is 0 Å². The maximum atomic E-state index is 13.6. The average Bonchev–Trinajstić information content (AvgIpc) is 3.29. The Morgan fingerprint density at radius 3 is 2.20 bits per heavy atom. The molecule has 1 saturated heterocycles. The Morgan fingerprint density at radius 2 is 1.50 bits per heavy atom. The van der Waals surface area contributed by atoms with E-state index in [9.17, 15) is 9.59 Å². The van der Waals surface area contributed by atoms with E-state index in [1.165, 1.54) is 4.90 Å². The molecular weight excluding hydrogens is 398 g/mol. The van der Waals surface area contributed by atoms with Crippen molar-refractivity contribution in [2.24, 2.45) is 11.0 Å². The quantitative estimate of drug-likeness (QED) is 0.594. The number of anilines is 2. The number of para-hydroxylation sites is 1. The highest BCUT2D eigenvalue weighted by Crippen LogP contribution is 2.40. The smallest absolute Gasteiger partial charge is 0.259 e. The molecule has 6 heteroatoms. The van der Waals surface area contributed by atoms with Crippen LogP contribution in [-0.2, 0) is 9.59 Å². The monoisotopic (exact) mass is 415 g/mol. The van der Waals surface area contributed by atoms with Gasteiger partial charge in [0.15, 0.2) is 0 Å². The van der Waals surface area contributed by atoms with Crippen LogP contribution in [0.15, 0.2) is 84.0 Å². The first kappa shape index (κ1) is 18.6. The molecular formula is C24H18ClN3O2. The Kier molecular flexibility index (Phi) is 4.40. The van der Waals surface area contributed by atoms with Crippen LogP contribution in [0.25, 0.3) is 0 Å². The number of benzene rings is 3. The lowest BCUT2D eigenvalue weighted by molar-refractivity contribution is -0.121. The fourth-order valence-corrected chi connectivity index (χ4v) is 4.30. The Bertz CT molecular complexity index is 1180. The fourth-order valence-electron chi connectivity index (χ4n) is 4.13. The van der Waals surface area contributed by atoms with E-state index in [0.717, 1.165) is 11.3 Å². The summed E-state index contributed by atoms with van der Waals surface area (Å²) < 4.78 is 0. The molecule has 0 N–H and O–H groups in total. The van der Waals surface area contributed by atoms with Crippen molar-refractivity contribution < 1.29 is 9.59 Å². The molecule has 0 saturated carbocycles. The molecule has 3 aromatic carbocycles. The lowest BCUT2D eigenvalue weighted by Crippen LogP contribution is -2.39. The molecule has 5 rings (SSSR count). The van der Waals surface area contributed by atoms with Crippen LogP contribution >= 0.6 is 11.6 Å². The Balaban J connectivity index is 1.66. The standard InChI is InChI=1S/C24H18ClN3O2/c1-15-18(25)13-8-14-19(15)27-23(29)20-21(16-9-4-2-5-10-16)26-28(22(20)24(27)30)17-11-6-3-7-12-17/h2-14,20,22H,1H3/t20-,22-/m0/s1. The van der Waals surface area contributed by atoms with Crippen molar-refractivity contribution in [2.45, 2.75) is 13.0 Å². The van der Waals surface area contributed by atoms with Crippen molar-refractivity contribution >= 4 is 40.5 Å². The minimum Gasteiger partial charge on any atom is -0.273 e. The molecule has 2 amide bonds. The van der Waals surface area contributed by atoms with Crippen LogP contribution in [0.4, 0.5) is 11.4 Å². The normalized spacial score (nSPS) is 20.5. The molecule has 30 heavy (non-hydrogen) atoms. The molecule has 2 heterocycles. The van der Waals surface area contributed by atoms with Gasteiger partial charge in [-0.25, -0.2) is 4.90 Å². The molecule has 0 unspecified atom stereocenters. The zero-order valence-corrected chi connectivity index (χ0v) is 17.0. The number of halogens is 1. The Labute approximate surface area is 179 Å². The summed E-state index contributed by atoms with van der Waals surface area (Å²) in [6.45, 7) is 1.81. The van der Waals surface area contributed by atoms with Gasteiger partial charge in [-0.3, -0.25) is 14.6 Å². The molecule has 0 bridgehead atoms. The SMILES string of the molecule is Cc1c(Cl)cccc1N1C(=O)[C@H]2C(c3ccccc3)=NN(c3ccccc3)[C@@H]2C1=O.